The summed E-state index contributed by atoms with van der Waals surface area (Å²) in [5.41, 5.74) is 0. The van der Waals surface area contributed by atoms with Crippen molar-refractivity contribution in [3.63, 3.8) is 0 Å². The zero-order chi connectivity index (χ0) is 48.6. The first-order valence-corrected chi connectivity index (χ1v) is 26.7. The molecule has 0 radical (unpaired) electrons. The van der Waals surface area contributed by atoms with Gasteiger partial charge in [-0.05, 0) is 135 Å². The van der Waals surface area contributed by atoms with Gasteiger partial charge in [0.2, 0.25) is 0 Å². The molecule has 0 aliphatic carbocycles. The van der Waals surface area contributed by atoms with Gasteiger partial charge in [0, 0.05) is 19.3 Å². The van der Waals surface area contributed by atoms with Crippen molar-refractivity contribution in [1.29, 1.82) is 0 Å². The molecule has 0 bridgehead atoms. The molecule has 0 aromatic heterocycles. The molecule has 376 valence electrons. The van der Waals surface area contributed by atoms with E-state index in [2.05, 4.69) is 154 Å². The van der Waals surface area contributed by atoms with Gasteiger partial charge in [-0.15, -0.1) is 0 Å². The van der Waals surface area contributed by atoms with Gasteiger partial charge < -0.3 is 14.2 Å². The Balaban J connectivity index is 4.61. The molecule has 0 rings (SSSR count). The van der Waals surface area contributed by atoms with Crippen molar-refractivity contribution in [2.24, 2.45) is 0 Å². The molecular weight excluding hydrogens is 829 g/mol. The molecule has 6 nitrogen and oxygen atoms in total. The fourth-order valence-corrected chi connectivity index (χ4v) is 6.61. The normalized spacial score (nSPS) is 13.2. The second-order valence-corrected chi connectivity index (χ2v) is 17.0. The minimum Gasteiger partial charge on any atom is -0.462 e. The Hall–Kier alpha value is -4.45. The highest BCUT2D eigenvalue weighted by Crippen LogP contribution is 2.11. The van der Waals surface area contributed by atoms with Gasteiger partial charge in [-0.2, -0.15) is 0 Å². The van der Waals surface area contributed by atoms with Crippen LogP contribution in [0.4, 0.5) is 0 Å². The van der Waals surface area contributed by atoms with Crippen LogP contribution in [0.15, 0.2) is 134 Å². The molecule has 67 heavy (non-hydrogen) atoms. The number of unbranched alkanes of at least 4 members (excludes halogenated alkanes) is 13. The third-order valence-corrected chi connectivity index (χ3v) is 10.6. The van der Waals surface area contributed by atoms with Crippen LogP contribution >= 0.6 is 0 Å². The molecule has 0 N–H and O–H groups in total. The minimum atomic E-state index is -0.837. The number of hydrogen-bond donors (Lipinski definition) is 0. The van der Waals surface area contributed by atoms with Crippen molar-refractivity contribution in [3.8, 4) is 0 Å². The fourth-order valence-electron chi connectivity index (χ4n) is 6.61. The molecule has 0 saturated carbocycles. The number of rotatable bonds is 46. The minimum absolute atomic E-state index is 0.130. The first-order chi connectivity index (χ1) is 33.0. The summed E-state index contributed by atoms with van der Waals surface area (Å²) in [6, 6.07) is 0. The third kappa shape index (κ3) is 52.4. The number of esters is 3. The SMILES string of the molecule is CC/C=C\C/C=C\C/C=C\C/C=C\CCCCCCC(=O)OC[C@H](COC(=O)CCCC/C=C\C/C=C\C/C=C\CCCCC)OC(=O)CCC/C=C\C/C=C\C/C=C\C/C=C\CCCCC. The summed E-state index contributed by atoms with van der Waals surface area (Å²) in [7, 11) is 0. The number of ether oxygens (including phenoxy) is 3. The highest BCUT2D eigenvalue weighted by atomic mass is 16.6. The molecule has 0 heterocycles. The molecule has 0 aliphatic rings. The van der Waals surface area contributed by atoms with Gasteiger partial charge in [0.05, 0.1) is 0 Å². The smallest absolute Gasteiger partial charge is 0.306 e. The van der Waals surface area contributed by atoms with Crippen LogP contribution in [-0.4, -0.2) is 37.2 Å². The Bertz CT molecular complexity index is 1480. The van der Waals surface area contributed by atoms with Crippen LogP contribution in [-0.2, 0) is 28.6 Å². The zero-order valence-electron chi connectivity index (χ0n) is 42.9. The van der Waals surface area contributed by atoms with E-state index >= 15 is 0 Å². The molecule has 0 amide bonds. The molecule has 6 heteroatoms. The lowest BCUT2D eigenvalue weighted by Crippen LogP contribution is -2.30. The lowest BCUT2D eigenvalue weighted by Gasteiger charge is -2.18. The van der Waals surface area contributed by atoms with E-state index in [0.29, 0.717) is 19.3 Å². The molecule has 0 unspecified atom stereocenters. The Morgan fingerprint density at radius 1 is 0.313 bits per heavy atom. The van der Waals surface area contributed by atoms with Crippen LogP contribution in [0.3, 0.4) is 0 Å². The topological polar surface area (TPSA) is 78.9 Å². The zero-order valence-corrected chi connectivity index (χ0v) is 42.9. The van der Waals surface area contributed by atoms with Crippen LogP contribution in [0.1, 0.15) is 213 Å². The van der Waals surface area contributed by atoms with Gasteiger partial charge in [-0.1, -0.05) is 193 Å². The van der Waals surface area contributed by atoms with E-state index in [1.165, 1.54) is 51.4 Å². The summed E-state index contributed by atoms with van der Waals surface area (Å²) in [5.74, 6) is -1.06. The molecule has 0 aromatic rings. The van der Waals surface area contributed by atoms with Gasteiger partial charge in [0.15, 0.2) is 6.10 Å². The van der Waals surface area contributed by atoms with E-state index < -0.39 is 6.10 Å². The predicted octanol–water partition coefficient (Wildman–Crippen LogP) is 17.9. The van der Waals surface area contributed by atoms with E-state index in [1.54, 1.807) is 0 Å². The van der Waals surface area contributed by atoms with Gasteiger partial charge >= 0.3 is 17.9 Å². The first-order valence-electron chi connectivity index (χ1n) is 26.7. The molecule has 0 fully saturated rings. The van der Waals surface area contributed by atoms with Crippen molar-refractivity contribution in [3.05, 3.63) is 134 Å². The second kappa shape index (κ2) is 54.2. The summed E-state index contributed by atoms with van der Waals surface area (Å²) < 4.78 is 16.7. The quantitative estimate of drug-likeness (QED) is 0.0262. The summed E-state index contributed by atoms with van der Waals surface area (Å²) >= 11 is 0. The largest absolute Gasteiger partial charge is 0.462 e. The number of hydrogen-bond acceptors (Lipinski definition) is 6. The van der Waals surface area contributed by atoms with Crippen LogP contribution in [0, 0.1) is 0 Å². The number of carbonyl (C=O) groups is 3. The molecule has 0 aliphatic heterocycles. The summed E-state index contributed by atoms with van der Waals surface area (Å²) in [6.07, 6.45) is 75.8. The average Bonchev–Trinajstić information content (AvgIpc) is 3.33. The highest BCUT2D eigenvalue weighted by Gasteiger charge is 2.19. The maximum absolute atomic E-state index is 12.8. The lowest BCUT2D eigenvalue weighted by molar-refractivity contribution is -0.167. The maximum Gasteiger partial charge on any atom is 0.306 e. The molecule has 0 aromatic carbocycles. The van der Waals surface area contributed by atoms with Gasteiger partial charge in [0.1, 0.15) is 13.2 Å². The van der Waals surface area contributed by atoms with Crippen LogP contribution in [0.25, 0.3) is 0 Å². The third-order valence-electron chi connectivity index (χ3n) is 10.6. The van der Waals surface area contributed by atoms with Gasteiger partial charge in [-0.3, -0.25) is 14.4 Å². The average molecular weight is 925 g/mol. The maximum atomic E-state index is 12.8. The number of allylic oxidation sites excluding steroid dienone is 22. The lowest BCUT2D eigenvalue weighted by atomic mass is 10.1. The standard InChI is InChI=1S/C61H96O6/c1-4-7-10-13-16-19-22-25-28-30-33-36-39-42-45-48-51-54-60(63)66-57-58(56-65-59(62)53-50-47-44-41-38-35-32-27-24-21-18-15-12-9-6-3)67-61(64)55-52-49-46-43-40-37-34-31-29-26-23-20-17-14-11-8-5-2/h7,10,16-21,25-29,32-34,36-38,41,43,46,58H,4-6,8-9,11-15,22-24,30-31,35,39-40,42,44-45,47-57H2,1-3H3/b10-7-,19-16-,20-17-,21-18-,28-25-,29-26-,32-27-,36-33-,37-34-,41-38-,46-43-/t58-/m0/s1. The summed E-state index contributed by atoms with van der Waals surface area (Å²) in [4.78, 5) is 38.0. The van der Waals surface area contributed by atoms with Crippen molar-refractivity contribution < 1.29 is 28.6 Å². The Morgan fingerprint density at radius 2 is 0.597 bits per heavy atom. The second-order valence-electron chi connectivity index (χ2n) is 17.0. The van der Waals surface area contributed by atoms with Crippen LogP contribution in [0.5, 0.6) is 0 Å². The fraction of sp³-hybridized carbons (Fsp3) is 0.590. The van der Waals surface area contributed by atoms with E-state index in [9.17, 15) is 14.4 Å². The van der Waals surface area contributed by atoms with E-state index in [4.69, 9.17) is 14.2 Å². The van der Waals surface area contributed by atoms with Gasteiger partial charge in [-0.25, -0.2) is 0 Å². The van der Waals surface area contributed by atoms with E-state index in [1.807, 2.05) is 0 Å². The Labute approximate surface area is 411 Å². The Morgan fingerprint density at radius 3 is 0.970 bits per heavy atom. The van der Waals surface area contributed by atoms with E-state index in [0.717, 1.165) is 109 Å². The highest BCUT2D eigenvalue weighted by molar-refractivity contribution is 5.71. The van der Waals surface area contributed by atoms with Gasteiger partial charge in [0.25, 0.3) is 0 Å². The summed E-state index contributed by atoms with van der Waals surface area (Å²) in [6.45, 7) is 6.35. The predicted molar refractivity (Wildman–Crippen MR) is 288 cm³/mol. The molecular formula is C61H96O6. The number of carbonyl (C=O) groups excluding carboxylic acids is 3. The molecule has 0 saturated heterocycles. The van der Waals surface area contributed by atoms with Crippen LogP contribution < -0.4 is 0 Å². The van der Waals surface area contributed by atoms with Crippen molar-refractivity contribution >= 4 is 17.9 Å². The molecule has 1 atom stereocenters. The van der Waals surface area contributed by atoms with E-state index in [-0.39, 0.29) is 44.0 Å². The first kappa shape index (κ1) is 62.5. The van der Waals surface area contributed by atoms with Crippen molar-refractivity contribution in [1.82, 2.24) is 0 Å². The summed E-state index contributed by atoms with van der Waals surface area (Å²) in [5, 5.41) is 0. The Kier molecular flexibility index (Phi) is 50.6. The van der Waals surface area contributed by atoms with Crippen LogP contribution in [0.2, 0.25) is 0 Å². The van der Waals surface area contributed by atoms with Crippen molar-refractivity contribution in [2.45, 2.75) is 219 Å². The van der Waals surface area contributed by atoms with Crippen molar-refractivity contribution in [2.75, 3.05) is 13.2 Å². The molecule has 0 spiro atoms. The monoisotopic (exact) mass is 925 g/mol.